The van der Waals surface area contributed by atoms with E-state index in [-0.39, 0.29) is 0 Å². The van der Waals surface area contributed by atoms with Gasteiger partial charge in [-0.1, -0.05) is 0 Å². The molecule has 1 fully saturated rings. The van der Waals surface area contributed by atoms with Gasteiger partial charge in [-0.3, -0.25) is 14.9 Å². The molecule has 0 bridgehead atoms. The summed E-state index contributed by atoms with van der Waals surface area (Å²) in [6.07, 6.45) is -3.73. The fourth-order valence-electron chi connectivity index (χ4n) is 3.25. The number of fused-ring (bicyclic) bond motifs is 1. The summed E-state index contributed by atoms with van der Waals surface area (Å²) in [7, 11) is 0. The first-order chi connectivity index (χ1) is 20.2. The van der Waals surface area contributed by atoms with E-state index in [1.807, 2.05) is 24.8 Å². The van der Waals surface area contributed by atoms with E-state index in [1.165, 1.54) is 35.1 Å². The zero-order valence-electron chi connectivity index (χ0n) is 22.4. The summed E-state index contributed by atoms with van der Waals surface area (Å²) in [5, 5.41) is 21.4. The maximum atomic E-state index is 10.6. The number of hydrogen-bond acceptors (Lipinski definition) is 7. The Morgan fingerprint density at radius 2 is 1.30 bits per heavy atom. The first kappa shape index (κ1) is 38.0. The average molecular weight is 651 g/mol. The number of halogens is 9. The third-order valence-corrected chi connectivity index (χ3v) is 5.50. The summed E-state index contributed by atoms with van der Waals surface area (Å²) in [6.45, 7) is 4.68. The van der Waals surface area contributed by atoms with Gasteiger partial charge in [0.1, 0.15) is 0 Å². The van der Waals surface area contributed by atoms with Gasteiger partial charge in [-0.05, 0) is 59.6 Å². The van der Waals surface area contributed by atoms with Crippen molar-refractivity contribution in [1.82, 2.24) is 14.9 Å². The highest BCUT2D eigenvalue weighted by atomic mass is 19.4. The van der Waals surface area contributed by atoms with Gasteiger partial charge in [0.2, 0.25) is 0 Å². The fourth-order valence-corrected chi connectivity index (χ4v) is 3.25. The number of carboxylic acids is 3. The summed E-state index contributed by atoms with van der Waals surface area (Å²) >= 11 is 0. The molecule has 2 aliphatic rings. The van der Waals surface area contributed by atoms with Gasteiger partial charge in [-0.15, -0.1) is 0 Å². The van der Waals surface area contributed by atoms with Crippen LogP contribution in [-0.4, -0.2) is 79.8 Å². The largest absolute Gasteiger partial charge is 0.490 e. The minimum atomic E-state index is -5.08. The van der Waals surface area contributed by atoms with Gasteiger partial charge in [-0.2, -0.15) is 39.5 Å². The molecule has 246 valence electrons. The molecule has 0 saturated heterocycles. The molecular weight excluding hydrogens is 625 g/mol. The lowest BCUT2D eigenvalue weighted by Gasteiger charge is -2.29. The Labute approximate surface area is 243 Å². The van der Waals surface area contributed by atoms with Crippen molar-refractivity contribution < 1.29 is 74.0 Å². The number of nitrogens with zero attached hydrogens (tertiary/aromatic N) is 3. The smallest absolute Gasteiger partial charge is 0.475 e. The van der Waals surface area contributed by atoms with Crippen molar-refractivity contribution in [1.29, 1.82) is 0 Å². The zero-order chi connectivity index (χ0) is 33.7. The normalized spacial score (nSPS) is 14.8. The molecule has 2 aromatic heterocycles. The molecule has 1 aliphatic heterocycles. The minimum Gasteiger partial charge on any atom is -0.475 e. The first-order valence-electron chi connectivity index (χ1n) is 12.3. The van der Waals surface area contributed by atoms with Crippen LogP contribution in [0, 0.1) is 5.92 Å². The Morgan fingerprint density at radius 1 is 0.818 bits per heavy atom. The van der Waals surface area contributed by atoms with Crippen molar-refractivity contribution >= 4 is 17.9 Å². The lowest BCUT2D eigenvalue weighted by atomic mass is 9.97. The number of alkyl halides is 9. The molecule has 1 saturated carbocycles. The van der Waals surface area contributed by atoms with E-state index >= 15 is 0 Å². The van der Waals surface area contributed by atoms with E-state index in [2.05, 4.69) is 27.0 Å². The van der Waals surface area contributed by atoms with Gasteiger partial charge in [0, 0.05) is 51.0 Å². The van der Waals surface area contributed by atoms with Crippen molar-refractivity contribution in [2.45, 2.75) is 57.5 Å². The van der Waals surface area contributed by atoms with Crippen LogP contribution in [0.15, 0.2) is 36.9 Å². The predicted octanol–water partition coefficient (Wildman–Crippen LogP) is 4.86. The van der Waals surface area contributed by atoms with E-state index in [0.717, 1.165) is 45.2 Å². The molecule has 1 aliphatic carbocycles. The van der Waals surface area contributed by atoms with Gasteiger partial charge in [0.05, 0.1) is 6.61 Å². The van der Waals surface area contributed by atoms with Gasteiger partial charge in [0.15, 0.2) is 0 Å². The second-order valence-electron chi connectivity index (χ2n) is 9.12. The zero-order valence-corrected chi connectivity index (χ0v) is 22.4. The number of ether oxygens (including phenoxy) is 1. The standard InChI is InChI=1S/C19H23N3O.3C2HF3O2/c1-2-16(1)13-23-14-18-10-21-9-17-12-22(8-5-19(17)18)11-15-3-6-20-7-4-15;3*3-2(4,5)1(6)7/h3-4,6-7,9-10,16H,1-2,5,8,11-14H2;3*(H,6,7). The second kappa shape index (κ2) is 16.7. The van der Waals surface area contributed by atoms with Crippen molar-refractivity contribution in [3.63, 3.8) is 0 Å². The van der Waals surface area contributed by atoms with Crippen molar-refractivity contribution in [3.8, 4) is 0 Å². The highest BCUT2D eigenvalue weighted by Gasteiger charge is 2.39. The molecule has 0 aromatic carbocycles. The number of aliphatic carboxylic acids is 3. The van der Waals surface area contributed by atoms with Crippen LogP contribution >= 0.6 is 0 Å². The Morgan fingerprint density at radius 3 is 1.73 bits per heavy atom. The average Bonchev–Trinajstić information content (AvgIpc) is 3.73. The molecule has 0 atom stereocenters. The summed E-state index contributed by atoms with van der Waals surface area (Å²) in [5.41, 5.74) is 5.42. The summed E-state index contributed by atoms with van der Waals surface area (Å²) < 4.78 is 101. The lowest BCUT2D eigenvalue weighted by molar-refractivity contribution is -0.193. The van der Waals surface area contributed by atoms with Crippen LogP contribution in [0.5, 0.6) is 0 Å². The molecule has 3 N–H and O–H groups in total. The van der Waals surface area contributed by atoms with Gasteiger partial charge in [0.25, 0.3) is 0 Å². The molecule has 0 unspecified atom stereocenters. The molecule has 0 spiro atoms. The van der Waals surface area contributed by atoms with Crippen LogP contribution in [-0.2, 0) is 45.2 Å². The number of hydrogen-bond donors (Lipinski definition) is 3. The molecule has 0 radical (unpaired) electrons. The maximum Gasteiger partial charge on any atom is 0.490 e. The van der Waals surface area contributed by atoms with Crippen LogP contribution in [0.1, 0.15) is 35.1 Å². The number of carbonyl (C=O) groups is 3. The van der Waals surface area contributed by atoms with Crippen LogP contribution in [0.4, 0.5) is 39.5 Å². The second-order valence-corrected chi connectivity index (χ2v) is 9.12. The Hall–Kier alpha value is -4.00. The topological polar surface area (TPSA) is 150 Å². The van der Waals surface area contributed by atoms with Crippen molar-refractivity contribution in [2.75, 3.05) is 13.2 Å². The SMILES string of the molecule is O=C(O)C(F)(F)F.O=C(O)C(F)(F)F.O=C(O)C(F)(F)F.c1cc(CN2CCc3c(COCC4CC4)cncc3C2)ccn1. The monoisotopic (exact) mass is 651 g/mol. The maximum absolute atomic E-state index is 10.6. The fraction of sp³-hybridized carbons (Fsp3) is 0.480. The summed E-state index contributed by atoms with van der Waals surface area (Å²) in [5.74, 6) is -7.45. The molecule has 4 rings (SSSR count). The van der Waals surface area contributed by atoms with E-state index < -0.39 is 36.4 Å². The highest BCUT2D eigenvalue weighted by molar-refractivity contribution is 5.73. The van der Waals surface area contributed by atoms with E-state index in [9.17, 15) is 39.5 Å². The number of aromatic nitrogens is 2. The number of rotatable bonds is 6. The van der Waals surface area contributed by atoms with E-state index in [0.29, 0.717) is 0 Å². The molecule has 0 amide bonds. The molecule has 19 heteroatoms. The van der Waals surface area contributed by atoms with Crippen LogP contribution < -0.4 is 0 Å². The highest BCUT2D eigenvalue weighted by Crippen LogP contribution is 2.30. The van der Waals surface area contributed by atoms with Gasteiger partial charge in [-0.25, -0.2) is 14.4 Å². The number of pyridine rings is 2. The third kappa shape index (κ3) is 15.5. The van der Waals surface area contributed by atoms with E-state index in [1.54, 1.807) is 0 Å². The molecule has 10 nitrogen and oxygen atoms in total. The predicted molar refractivity (Wildman–Crippen MR) is 130 cm³/mol. The molecule has 44 heavy (non-hydrogen) atoms. The van der Waals surface area contributed by atoms with Crippen LogP contribution in [0.3, 0.4) is 0 Å². The first-order valence-corrected chi connectivity index (χ1v) is 12.3. The van der Waals surface area contributed by atoms with Crippen molar-refractivity contribution in [2.24, 2.45) is 5.92 Å². The Kier molecular flexibility index (Phi) is 14.5. The Bertz CT molecular complexity index is 1160. The van der Waals surface area contributed by atoms with Crippen LogP contribution in [0.2, 0.25) is 0 Å². The van der Waals surface area contributed by atoms with E-state index in [4.69, 9.17) is 34.4 Å². The third-order valence-electron chi connectivity index (χ3n) is 5.50. The molecule has 2 aromatic rings. The molecular formula is C25H26F9N3O7. The minimum absolute atomic E-state index is 0.719. The Balaban J connectivity index is 0.000000379. The lowest BCUT2D eigenvalue weighted by Crippen LogP contribution is -2.31. The summed E-state index contributed by atoms with van der Waals surface area (Å²) in [4.78, 5) is 37.7. The molecule has 3 heterocycles. The quantitative estimate of drug-likeness (QED) is 0.370. The number of carboxylic acid groups (broad SMARTS) is 3. The van der Waals surface area contributed by atoms with Crippen molar-refractivity contribution in [3.05, 3.63) is 59.2 Å². The van der Waals surface area contributed by atoms with Gasteiger partial charge >= 0.3 is 36.4 Å². The van der Waals surface area contributed by atoms with Crippen LogP contribution in [0.25, 0.3) is 0 Å². The summed E-state index contributed by atoms with van der Waals surface area (Å²) in [6, 6.07) is 4.19. The van der Waals surface area contributed by atoms with Gasteiger partial charge < -0.3 is 20.1 Å².